The Bertz CT molecular complexity index is 1530. The Balaban J connectivity index is 1.25. The summed E-state index contributed by atoms with van der Waals surface area (Å²) in [5, 5.41) is 0.997. The number of aryl methyl sites for hydroxylation is 1. The summed E-state index contributed by atoms with van der Waals surface area (Å²) in [4.78, 5) is 15.5. The van der Waals surface area contributed by atoms with Crippen LogP contribution in [0, 0.1) is 0 Å². The summed E-state index contributed by atoms with van der Waals surface area (Å²) in [6, 6.07) is 17.7. The molecule has 2 aliphatic heterocycles. The first kappa shape index (κ1) is 23.2. The summed E-state index contributed by atoms with van der Waals surface area (Å²) in [7, 11) is 5.30. The van der Waals surface area contributed by atoms with E-state index in [9.17, 15) is 4.79 Å². The number of benzene rings is 3. The fraction of sp³-hybridized carbons (Fsp3) is 0.233. The number of carbonyl (C=O) groups excluding carboxylic acids is 1. The predicted octanol–water partition coefficient (Wildman–Crippen LogP) is 5.21. The lowest BCUT2D eigenvalue weighted by Crippen LogP contribution is -2.33. The summed E-state index contributed by atoms with van der Waals surface area (Å²) >= 11 is 0. The maximum absolute atomic E-state index is 13.3. The zero-order chi connectivity index (χ0) is 25.5. The third-order valence-corrected chi connectivity index (χ3v) is 7.07. The van der Waals surface area contributed by atoms with Crippen LogP contribution in [0.15, 0.2) is 66.6 Å². The molecule has 0 saturated heterocycles. The molecule has 0 fully saturated rings. The summed E-state index contributed by atoms with van der Waals surface area (Å²) in [6.45, 7) is 1.97. The molecule has 0 radical (unpaired) electrons. The maximum atomic E-state index is 13.3. The van der Waals surface area contributed by atoms with Crippen LogP contribution >= 0.6 is 0 Å². The Kier molecular flexibility index (Phi) is 5.85. The van der Waals surface area contributed by atoms with Gasteiger partial charge in [-0.15, -0.1) is 0 Å². The molecule has 0 unspecified atom stereocenters. The van der Waals surface area contributed by atoms with E-state index in [1.165, 1.54) is 5.56 Å². The van der Waals surface area contributed by atoms with Crippen molar-refractivity contribution >= 4 is 22.8 Å². The Labute approximate surface area is 215 Å². The van der Waals surface area contributed by atoms with Crippen molar-refractivity contribution in [1.82, 2.24) is 9.47 Å². The molecule has 37 heavy (non-hydrogen) atoms. The highest BCUT2D eigenvalue weighted by Crippen LogP contribution is 2.42. The molecule has 0 amide bonds. The average molecular weight is 497 g/mol. The van der Waals surface area contributed by atoms with Crippen LogP contribution in [0.4, 0.5) is 0 Å². The molecule has 6 rings (SSSR count). The number of rotatable bonds is 6. The van der Waals surface area contributed by atoms with Gasteiger partial charge in [0.15, 0.2) is 5.76 Å². The summed E-state index contributed by atoms with van der Waals surface area (Å²) in [5.41, 5.74) is 4.67. The molecule has 7 nitrogen and oxygen atoms in total. The summed E-state index contributed by atoms with van der Waals surface area (Å²) in [6.07, 6.45) is 4.70. The quantitative estimate of drug-likeness (QED) is 0.342. The van der Waals surface area contributed by atoms with Crippen LogP contribution in [0.1, 0.15) is 27.0 Å². The minimum absolute atomic E-state index is 0.118. The molecule has 0 aliphatic carbocycles. The van der Waals surface area contributed by atoms with Crippen molar-refractivity contribution in [1.29, 1.82) is 0 Å². The fourth-order valence-corrected chi connectivity index (χ4v) is 5.01. The number of hydrogen-bond acceptors (Lipinski definition) is 6. The second kappa shape index (κ2) is 9.33. The molecule has 7 heteroatoms. The topological polar surface area (TPSA) is 62.2 Å². The van der Waals surface area contributed by atoms with Crippen molar-refractivity contribution in [2.75, 3.05) is 27.5 Å². The zero-order valence-corrected chi connectivity index (χ0v) is 21.1. The number of allylic oxidation sites excluding steroid dienone is 1. The van der Waals surface area contributed by atoms with E-state index in [1.54, 1.807) is 20.3 Å². The van der Waals surface area contributed by atoms with Crippen LogP contribution < -0.4 is 18.9 Å². The zero-order valence-electron chi connectivity index (χ0n) is 21.1. The first-order chi connectivity index (χ1) is 18.0. The lowest BCUT2D eigenvalue weighted by molar-refractivity contribution is 0.0949. The highest BCUT2D eigenvalue weighted by molar-refractivity contribution is 6.15. The number of carbonyl (C=O) groups is 1. The van der Waals surface area contributed by atoms with E-state index in [-0.39, 0.29) is 5.78 Å². The minimum atomic E-state index is -0.118. The Morgan fingerprint density at radius 3 is 2.57 bits per heavy atom. The van der Waals surface area contributed by atoms with Gasteiger partial charge in [0.05, 0.1) is 25.3 Å². The average Bonchev–Trinajstić information content (AvgIpc) is 3.43. The molecular weight excluding hydrogens is 468 g/mol. The second-order valence-corrected chi connectivity index (χ2v) is 9.36. The van der Waals surface area contributed by atoms with Gasteiger partial charge in [-0.1, -0.05) is 12.1 Å². The van der Waals surface area contributed by atoms with Gasteiger partial charge in [-0.3, -0.25) is 9.69 Å². The molecule has 3 heterocycles. The molecule has 4 aromatic rings. The van der Waals surface area contributed by atoms with Crippen molar-refractivity contribution in [3.05, 3.63) is 88.8 Å². The fourth-order valence-electron chi connectivity index (χ4n) is 5.01. The lowest BCUT2D eigenvalue weighted by atomic mass is 10.0. The number of aromatic nitrogens is 1. The van der Waals surface area contributed by atoms with Crippen LogP contribution in [0.3, 0.4) is 0 Å². The number of methoxy groups -OCH3 is 2. The number of fused-ring (bicyclic) bond motifs is 4. The van der Waals surface area contributed by atoms with Gasteiger partial charge in [-0.25, -0.2) is 0 Å². The highest BCUT2D eigenvalue weighted by atomic mass is 16.5. The van der Waals surface area contributed by atoms with Gasteiger partial charge in [0, 0.05) is 42.8 Å². The SMILES string of the molecule is COc1ccc(CCN2COc3ccc4c(c3C2)O/C(=C\c2cn(C)c3ccc(OC)cc23)C4=O)cc1. The third-order valence-electron chi connectivity index (χ3n) is 7.07. The monoisotopic (exact) mass is 496 g/mol. The minimum Gasteiger partial charge on any atom is -0.497 e. The van der Waals surface area contributed by atoms with E-state index in [2.05, 4.69) is 17.0 Å². The first-order valence-electron chi connectivity index (χ1n) is 12.3. The lowest BCUT2D eigenvalue weighted by Gasteiger charge is -2.29. The van der Waals surface area contributed by atoms with Gasteiger partial charge in [-0.2, -0.15) is 0 Å². The Hall–Kier alpha value is -4.23. The molecule has 0 atom stereocenters. The summed E-state index contributed by atoms with van der Waals surface area (Å²) < 4.78 is 25.0. The van der Waals surface area contributed by atoms with Gasteiger partial charge in [0.2, 0.25) is 5.78 Å². The number of ketones is 1. The van der Waals surface area contributed by atoms with E-state index >= 15 is 0 Å². The molecule has 3 aromatic carbocycles. The number of hydrogen-bond donors (Lipinski definition) is 0. The summed E-state index contributed by atoms with van der Waals surface area (Å²) in [5.74, 6) is 3.18. The number of Topliss-reactive ketones (excluding diaryl/α,β-unsaturated/α-hetero) is 1. The normalized spacial score (nSPS) is 15.9. The van der Waals surface area contributed by atoms with E-state index in [4.69, 9.17) is 18.9 Å². The Morgan fingerprint density at radius 1 is 1.00 bits per heavy atom. The molecule has 188 valence electrons. The molecule has 0 saturated carbocycles. The van der Waals surface area contributed by atoms with Crippen LogP contribution in [0.25, 0.3) is 17.0 Å². The van der Waals surface area contributed by atoms with E-state index in [1.807, 2.05) is 60.3 Å². The van der Waals surface area contributed by atoms with Crippen molar-refractivity contribution in [3.8, 4) is 23.0 Å². The van der Waals surface area contributed by atoms with Crippen molar-refractivity contribution < 1.29 is 23.7 Å². The molecule has 0 bridgehead atoms. The van der Waals surface area contributed by atoms with E-state index < -0.39 is 0 Å². The highest BCUT2D eigenvalue weighted by Gasteiger charge is 2.33. The second-order valence-electron chi connectivity index (χ2n) is 9.36. The van der Waals surface area contributed by atoms with Gasteiger partial charge < -0.3 is 23.5 Å². The molecule has 2 aliphatic rings. The van der Waals surface area contributed by atoms with Gasteiger partial charge in [0.25, 0.3) is 0 Å². The van der Waals surface area contributed by atoms with Crippen LogP contribution in [-0.2, 0) is 20.0 Å². The van der Waals surface area contributed by atoms with E-state index in [0.29, 0.717) is 30.3 Å². The molecule has 0 N–H and O–H groups in total. The van der Waals surface area contributed by atoms with Gasteiger partial charge in [0.1, 0.15) is 29.7 Å². The smallest absolute Gasteiger partial charge is 0.231 e. The third kappa shape index (κ3) is 4.21. The maximum Gasteiger partial charge on any atom is 0.231 e. The Morgan fingerprint density at radius 2 is 1.78 bits per heavy atom. The standard InChI is InChI=1S/C30H28N2O5/c1-31-16-20(24-15-22(35-3)8-10-26(24)31)14-28-29(33)23-9-11-27-25(30(23)37-28)17-32(18-36-27)13-12-19-4-6-21(34-2)7-5-19/h4-11,14-16H,12-13,17-18H2,1-3H3/b28-14-. The number of nitrogens with zero attached hydrogens (tertiary/aromatic N) is 2. The van der Waals surface area contributed by atoms with E-state index in [0.717, 1.165) is 52.2 Å². The van der Waals surface area contributed by atoms with Gasteiger partial charge in [-0.05, 0) is 60.5 Å². The molecular formula is C30H28N2O5. The molecule has 0 spiro atoms. The number of ether oxygens (including phenoxy) is 4. The van der Waals surface area contributed by atoms with Crippen LogP contribution in [0.2, 0.25) is 0 Å². The van der Waals surface area contributed by atoms with Crippen LogP contribution in [0.5, 0.6) is 23.0 Å². The van der Waals surface area contributed by atoms with Crippen molar-refractivity contribution in [2.45, 2.75) is 13.0 Å². The largest absolute Gasteiger partial charge is 0.497 e. The van der Waals surface area contributed by atoms with Crippen molar-refractivity contribution in [3.63, 3.8) is 0 Å². The first-order valence-corrected chi connectivity index (χ1v) is 12.3. The van der Waals surface area contributed by atoms with Crippen LogP contribution in [-0.4, -0.2) is 42.7 Å². The predicted molar refractivity (Wildman–Crippen MR) is 141 cm³/mol. The van der Waals surface area contributed by atoms with Gasteiger partial charge >= 0.3 is 0 Å². The molecule has 1 aromatic heterocycles. The van der Waals surface area contributed by atoms with Crippen molar-refractivity contribution in [2.24, 2.45) is 7.05 Å².